The van der Waals surface area contributed by atoms with Gasteiger partial charge in [0, 0.05) is 17.1 Å². The first kappa shape index (κ1) is 26.6. The van der Waals surface area contributed by atoms with Crippen LogP contribution in [0.1, 0.15) is 11.7 Å². The smallest absolute Gasteiger partial charge is 0.352 e. The summed E-state index contributed by atoms with van der Waals surface area (Å²) in [5.41, 5.74) is 0.489. The molecule has 3 N–H and O–H groups in total. The molecule has 1 aromatic heterocycles. The van der Waals surface area contributed by atoms with Crippen LogP contribution in [-0.4, -0.2) is 90.4 Å². The van der Waals surface area contributed by atoms with E-state index in [-0.39, 0.29) is 28.8 Å². The highest BCUT2D eigenvalue weighted by molar-refractivity contribution is 8.01. The Morgan fingerprint density at radius 1 is 1.32 bits per heavy atom. The summed E-state index contributed by atoms with van der Waals surface area (Å²) in [6.45, 7) is 0.128. The Bertz CT molecular complexity index is 1360. The number of carbonyl (C=O) groups is 4. The fourth-order valence-electron chi connectivity index (χ4n) is 3.69. The quantitative estimate of drug-likeness (QED) is 0.132. The van der Waals surface area contributed by atoms with Crippen LogP contribution in [0.2, 0.25) is 0 Å². The van der Waals surface area contributed by atoms with Crippen molar-refractivity contribution in [2.24, 2.45) is 0 Å². The van der Waals surface area contributed by atoms with Gasteiger partial charge in [-0.05, 0) is 16.0 Å². The maximum absolute atomic E-state index is 12.9. The molecule has 196 valence electrons. The highest BCUT2D eigenvalue weighted by Gasteiger charge is 2.54. The van der Waals surface area contributed by atoms with E-state index >= 15 is 0 Å². The molecule has 0 radical (unpaired) electrons. The third kappa shape index (κ3) is 5.76. The van der Waals surface area contributed by atoms with Crippen LogP contribution >= 0.6 is 23.5 Å². The highest BCUT2D eigenvalue weighted by Crippen LogP contribution is 2.41. The normalized spacial score (nSPS) is 20.0. The highest BCUT2D eigenvalue weighted by atomic mass is 32.2. The number of aliphatic carboxylic acids is 1. The van der Waals surface area contributed by atoms with E-state index in [9.17, 15) is 32.7 Å². The lowest BCUT2D eigenvalue weighted by Crippen LogP contribution is -2.71. The number of hydrogen-bond acceptors (Lipinski definition) is 12. The van der Waals surface area contributed by atoms with Crippen molar-refractivity contribution in [1.29, 1.82) is 0 Å². The van der Waals surface area contributed by atoms with Gasteiger partial charge in [-0.2, -0.15) is 8.42 Å². The lowest BCUT2D eigenvalue weighted by atomic mass is 10.0. The molecule has 18 heteroatoms. The van der Waals surface area contributed by atoms with Crippen molar-refractivity contribution in [2.45, 2.75) is 28.6 Å². The number of ether oxygens (including phenoxy) is 1. The molecule has 0 aliphatic carbocycles. The van der Waals surface area contributed by atoms with Crippen LogP contribution in [-0.2, 0) is 39.9 Å². The van der Waals surface area contributed by atoms with Gasteiger partial charge < -0.3 is 15.2 Å². The number of carbonyl (C=O) groups excluding carboxylic acids is 3. The summed E-state index contributed by atoms with van der Waals surface area (Å²) in [7, 11) is -4.41. The largest absolute Gasteiger partial charge is 0.477 e. The molecule has 1 aromatic carbocycles. The number of rotatable bonds is 11. The molecule has 3 atom stereocenters. The lowest BCUT2D eigenvalue weighted by Gasteiger charge is -2.49. The molecule has 2 aromatic rings. The maximum atomic E-state index is 12.9. The number of fused-ring (bicyclic) bond motifs is 1. The predicted octanol–water partition coefficient (Wildman–Crippen LogP) is -0.737. The fourth-order valence-corrected chi connectivity index (χ4v) is 6.61. The second-order valence-electron chi connectivity index (χ2n) is 7.64. The Hall–Kier alpha value is -3.48. The summed E-state index contributed by atoms with van der Waals surface area (Å²) in [5.74, 6) is -3.43. The number of nitrogens with one attached hydrogen (secondary N) is 1. The average molecular weight is 571 g/mol. The minimum atomic E-state index is -4.41. The number of benzene rings is 1. The number of carboxylic acid groups (broad SMARTS) is 1. The van der Waals surface area contributed by atoms with E-state index in [1.807, 2.05) is 0 Å². The molecule has 2 aliphatic rings. The Kier molecular flexibility index (Phi) is 7.81. The molecule has 2 amide bonds. The first-order valence-corrected chi connectivity index (χ1v) is 13.9. The molecule has 3 heterocycles. The molecule has 1 fully saturated rings. The maximum Gasteiger partial charge on any atom is 0.352 e. The Labute approximate surface area is 217 Å². The van der Waals surface area contributed by atoms with Gasteiger partial charge in [0.1, 0.15) is 17.1 Å². The van der Waals surface area contributed by atoms with Crippen molar-refractivity contribution >= 4 is 57.9 Å². The van der Waals surface area contributed by atoms with Gasteiger partial charge in [-0.15, -0.1) is 16.9 Å². The van der Waals surface area contributed by atoms with E-state index in [0.717, 1.165) is 21.3 Å². The summed E-state index contributed by atoms with van der Waals surface area (Å²) in [5, 5.41) is 22.2. The van der Waals surface area contributed by atoms with Crippen LogP contribution in [0.3, 0.4) is 0 Å². The zero-order valence-corrected chi connectivity index (χ0v) is 21.0. The van der Waals surface area contributed by atoms with E-state index in [2.05, 4.69) is 20.8 Å². The number of thioether (sulfide) groups is 2. The minimum absolute atomic E-state index is 0.0112. The average Bonchev–Trinajstić information content (AvgIpc) is 3.29. The topological polar surface area (TPSA) is 211 Å². The summed E-state index contributed by atoms with van der Waals surface area (Å²) in [6, 6.07) is 7.16. The van der Waals surface area contributed by atoms with Crippen LogP contribution in [0.4, 0.5) is 0 Å². The van der Waals surface area contributed by atoms with Crippen LogP contribution in [0, 0.1) is 0 Å². The summed E-state index contributed by atoms with van der Waals surface area (Å²) >= 11 is 2.15. The zero-order valence-electron chi connectivity index (χ0n) is 18.5. The fraction of sp³-hybridized carbons (Fsp3) is 0.316. The molecule has 1 saturated heterocycles. The van der Waals surface area contributed by atoms with Gasteiger partial charge in [-0.1, -0.05) is 42.1 Å². The minimum Gasteiger partial charge on any atom is -0.477 e. The molecule has 2 aliphatic heterocycles. The Balaban J connectivity index is 1.48. The number of nitrogens with zero attached hydrogens (tertiary/aromatic N) is 5. The van der Waals surface area contributed by atoms with Crippen LogP contribution in [0.15, 0.2) is 46.8 Å². The molecule has 4 rings (SSSR count). The van der Waals surface area contributed by atoms with Crippen molar-refractivity contribution < 1.29 is 42.0 Å². The van der Waals surface area contributed by atoms with E-state index in [0.29, 0.717) is 11.1 Å². The predicted molar refractivity (Wildman–Crippen MR) is 126 cm³/mol. The van der Waals surface area contributed by atoms with E-state index < -0.39 is 51.3 Å². The second-order valence-corrected chi connectivity index (χ2v) is 11.1. The molecule has 15 nitrogen and oxygen atoms in total. The van der Waals surface area contributed by atoms with Crippen LogP contribution in [0.25, 0.3) is 0 Å². The molecular weight excluding hydrogens is 552 g/mol. The third-order valence-electron chi connectivity index (χ3n) is 5.24. The van der Waals surface area contributed by atoms with Gasteiger partial charge in [0.15, 0.2) is 5.88 Å². The molecule has 0 bridgehead atoms. The number of tetrazole rings is 1. The Morgan fingerprint density at radius 2 is 2.05 bits per heavy atom. The Morgan fingerprint density at radius 3 is 2.70 bits per heavy atom. The van der Waals surface area contributed by atoms with Crippen molar-refractivity contribution in [3.05, 3.63) is 47.2 Å². The van der Waals surface area contributed by atoms with Gasteiger partial charge in [-0.3, -0.25) is 23.8 Å². The van der Waals surface area contributed by atoms with Crippen molar-refractivity contribution in [3.8, 4) is 0 Å². The van der Waals surface area contributed by atoms with Crippen LogP contribution in [0.5, 0.6) is 0 Å². The molecule has 0 saturated carbocycles. The van der Waals surface area contributed by atoms with Gasteiger partial charge in [0.2, 0.25) is 11.3 Å². The number of hydrogen-bond donors (Lipinski definition) is 3. The van der Waals surface area contributed by atoms with E-state index in [4.69, 9.17) is 9.29 Å². The monoisotopic (exact) mass is 570 g/mol. The molecule has 0 spiro atoms. The first-order valence-electron chi connectivity index (χ1n) is 10.3. The number of amides is 2. The molecular formula is C19H18N6O9S3. The summed E-state index contributed by atoms with van der Waals surface area (Å²) in [6.07, 6.45) is -1.29. The van der Waals surface area contributed by atoms with Gasteiger partial charge in [-0.25, -0.2) is 9.48 Å². The third-order valence-corrected chi connectivity index (χ3v) is 8.19. The van der Waals surface area contributed by atoms with Crippen LogP contribution < -0.4 is 5.32 Å². The van der Waals surface area contributed by atoms with Crippen molar-refractivity contribution in [2.75, 3.05) is 11.5 Å². The molecule has 1 unspecified atom stereocenters. The van der Waals surface area contributed by atoms with Crippen molar-refractivity contribution in [1.82, 2.24) is 30.4 Å². The second kappa shape index (κ2) is 10.9. The number of carboxylic acids is 1. The number of β-lactam (4-membered cyclic amide) rings is 1. The van der Waals surface area contributed by atoms with Gasteiger partial charge in [0.25, 0.3) is 28.4 Å². The molecule has 37 heavy (non-hydrogen) atoms. The van der Waals surface area contributed by atoms with E-state index in [1.54, 1.807) is 30.3 Å². The zero-order chi connectivity index (χ0) is 26.7. The number of aromatic nitrogens is 4. The first-order chi connectivity index (χ1) is 17.6. The van der Waals surface area contributed by atoms with Gasteiger partial charge in [0.05, 0.1) is 0 Å². The lowest BCUT2D eigenvalue weighted by molar-refractivity contribution is -0.154. The van der Waals surface area contributed by atoms with E-state index in [1.165, 1.54) is 11.8 Å². The summed E-state index contributed by atoms with van der Waals surface area (Å²) < 4.78 is 37.0. The summed E-state index contributed by atoms with van der Waals surface area (Å²) in [4.78, 5) is 49.8. The SMILES string of the molecule is O=CO[C@@H](C(=O)N[C@@H]1C(=O)N2C(C(=O)O)=C(CSc3nnnn3CS(=O)(=O)O)CSC12)c1ccccc1. The standard InChI is InChI=1S/C19H18N6O9S3/c26-9-34-14(10-4-2-1-3-5-10)15(27)20-12-16(28)25-13(18(29)30)11(6-35-17(12)25)7-36-19-21-22-23-24(19)8-37(31,32)33/h1-5,9,12,14,17H,6-8H2,(H,20,27)(H,29,30)(H,31,32,33)/t12-,14-,17?/m1/s1. The van der Waals surface area contributed by atoms with Crippen molar-refractivity contribution in [3.63, 3.8) is 0 Å². The van der Waals surface area contributed by atoms with Gasteiger partial charge >= 0.3 is 5.97 Å².